The minimum atomic E-state index is -0.165. The highest BCUT2D eigenvalue weighted by molar-refractivity contribution is 9.10. The number of aromatic amines is 1. The molecule has 5 nitrogen and oxygen atoms in total. The van der Waals surface area contributed by atoms with Crippen LogP contribution in [0, 0.1) is 0 Å². The Balaban J connectivity index is 1.74. The van der Waals surface area contributed by atoms with E-state index in [1.54, 1.807) is 24.4 Å². The van der Waals surface area contributed by atoms with Crippen molar-refractivity contribution in [2.24, 2.45) is 0 Å². The first kappa shape index (κ1) is 13.5. The Hall–Kier alpha value is -1.95. The van der Waals surface area contributed by atoms with Gasteiger partial charge in [-0.1, -0.05) is 6.07 Å². The molecule has 2 aromatic rings. The van der Waals surface area contributed by atoms with Gasteiger partial charge in [0.15, 0.2) is 0 Å². The number of hydrogen-bond acceptors (Lipinski definition) is 3. The molecule has 0 unspecified atom stereocenters. The highest BCUT2D eigenvalue weighted by Crippen LogP contribution is 2.14. The molecule has 0 radical (unpaired) electrons. The number of aromatic nitrogens is 1. The van der Waals surface area contributed by atoms with Gasteiger partial charge in [-0.2, -0.15) is 0 Å². The van der Waals surface area contributed by atoms with Crippen LogP contribution in [0.2, 0.25) is 0 Å². The van der Waals surface area contributed by atoms with Crippen molar-refractivity contribution in [3.05, 3.63) is 46.7 Å². The summed E-state index contributed by atoms with van der Waals surface area (Å²) in [5, 5.41) is 2.75. The second kappa shape index (κ2) is 6.29. The fourth-order valence-corrected chi connectivity index (χ4v) is 1.88. The molecule has 0 atom stereocenters. The largest absolute Gasteiger partial charge is 0.492 e. The minimum Gasteiger partial charge on any atom is -0.492 e. The maximum absolute atomic E-state index is 11.7. The van der Waals surface area contributed by atoms with E-state index in [4.69, 9.17) is 10.5 Å². The molecule has 1 amide bonds. The Morgan fingerprint density at radius 1 is 1.42 bits per heavy atom. The third-order valence-corrected chi connectivity index (χ3v) is 2.86. The van der Waals surface area contributed by atoms with E-state index in [1.165, 1.54) is 0 Å². The van der Waals surface area contributed by atoms with E-state index in [1.807, 2.05) is 12.1 Å². The van der Waals surface area contributed by atoms with Gasteiger partial charge in [-0.05, 0) is 34.1 Å². The van der Waals surface area contributed by atoms with E-state index in [0.717, 1.165) is 4.47 Å². The van der Waals surface area contributed by atoms with Crippen molar-refractivity contribution in [1.29, 1.82) is 0 Å². The van der Waals surface area contributed by atoms with Crippen molar-refractivity contribution >= 4 is 27.5 Å². The highest BCUT2D eigenvalue weighted by atomic mass is 79.9. The minimum absolute atomic E-state index is 0.165. The number of nitrogens with two attached hydrogens (primary N) is 1. The second-order valence-corrected chi connectivity index (χ2v) is 4.82. The van der Waals surface area contributed by atoms with Crippen LogP contribution < -0.4 is 15.8 Å². The number of hydrogen-bond donors (Lipinski definition) is 3. The third-order valence-electron chi connectivity index (χ3n) is 2.41. The predicted octanol–water partition coefficient (Wildman–Crippen LogP) is 2.17. The molecule has 0 bridgehead atoms. The molecule has 0 spiro atoms. The molecule has 1 heterocycles. The fourth-order valence-electron chi connectivity index (χ4n) is 1.53. The number of nitrogen functional groups attached to an aromatic ring is 1. The predicted molar refractivity (Wildman–Crippen MR) is 77.2 cm³/mol. The lowest BCUT2D eigenvalue weighted by Gasteiger charge is -2.07. The Morgan fingerprint density at radius 3 is 2.95 bits per heavy atom. The van der Waals surface area contributed by atoms with Crippen molar-refractivity contribution < 1.29 is 9.53 Å². The number of anilines is 1. The van der Waals surface area contributed by atoms with E-state index in [0.29, 0.717) is 30.3 Å². The first-order valence-electron chi connectivity index (χ1n) is 5.75. The summed E-state index contributed by atoms with van der Waals surface area (Å²) in [5.41, 5.74) is 6.79. The van der Waals surface area contributed by atoms with Crippen LogP contribution in [0.5, 0.6) is 5.75 Å². The van der Waals surface area contributed by atoms with E-state index < -0.39 is 0 Å². The van der Waals surface area contributed by atoms with Crippen molar-refractivity contribution in [3.63, 3.8) is 0 Å². The molecule has 0 saturated carbocycles. The quantitative estimate of drug-likeness (QED) is 0.582. The maximum atomic E-state index is 11.7. The van der Waals surface area contributed by atoms with Crippen molar-refractivity contribution in [3.8, 4) is 5.75 Å². The molecule has 0 aliphatic heterocycles. The van der Waals surface area contributed by atoms with Crippen LogP contribution in [0.1, 0.15) is 10.5 Å². The molecule has 0 fully saturated rings. The zero-order valence-electron chi connectivity index (χ0n) is 10.2. The molecule has 0 saturated heterocycles. The van der Waals surface area contributed by atoms with Crippen LogP contribution in [-0.4, -0.2) is 24.0 Å². The summed E-state index contributed by atoms with van der Waals surface area (Å²) in [6.07, 6.45) is 1.71. The maximum Gasteiger partial charge on any atom is 0.267 e. The summed E-state index contributed by atoms with van der Waals surface area (Å²) >= 11 is 3.27. The highest BCUT2D eigenvalue weighted by Gasteiger charge is 2.06. The normalized spacial score (nSPS) is 10.2. The van der Waals surface area contributed by atoms with Gasteiger partial charge in [-0.15, -0.1) is 0 Å². The molecular formula is C13H14BrN3O2. The van der Waals surface area contributed by atoms with Gasteiger partial charge in [-0.25, -0.2) is 0 Å². The van der Waals surface area contributed by atoms with Gasteiger partial charge in [0, 0.05) is 22.4 Å². The Bertz CT molecular complexity index is 569. The summed E-state index contributed by atoms with van der Waals surface area (Å²) in [7, 11) is 0. The SMILES string of the molecule is Nc1cccc(OCCNC(=O)c2cc(Br)c[nH]2)c1. The van der Waals surface area contributed by atoms with Crippen molar-refractivity contribution in [2.45, 2.75) is 0 Å². The lowest BCUT2D eigenvalue weighted by atomic mass is 10.3. The van der Waals surface area contributed by atoms with E-state index in [-0.39, 0.29) is 5.91 Å². The molecule has 0 aliphatic rings. The Morgan fingerprint density at radius 2 is 2.26 bits per heavy atom. The van der Waals surface area contributed by atoms with E-state index in [2.05, 4.69) is 26.2 Å². The fraction of sp³-hybridized carbons (Fsp3) is 0.154. The molecule has 19 heavy (non-hydrogen) atoms. The average Bonchev–Trinajstić information content (AvgIpc) is 2.81. The number of H-pyrrole nitrogens is 1. The van der Waals surface area contributed by atoms with Gasteiger partial charge in [0.25, 0.3) is 5.91 Å². The van der Waals surface area contributed by atoms with Crippen molar-refractivity contribution in [2.75, 3.05) is 18.9 Å². The van der Waals surface area contributed by atoms with Crippen molar-refractivity contribution in [1.82, 2.24) is 10.3 Å². The van der Waals surface area contributed by atoms with Gasteiger partial charge in [0.2, 0.25) is 0 Å². The van der Waals surface area contributed by atoms with Crippen LogP contribution in [0.3, 0.4) is 0 Å². The number of amides is 1. The molecule has 1 aromatic heterocycles. The lowest BCUT2D eigenvalue weighted by Crippen LogP contribution is -2.28. The van der Waals surface area contributed by atoms with Gasteiger partial charge in [0.05, 0.1) is 6.54 Å². The number of nitrogens with one attached hydrogen (secondary N) is 2. The van der Waals surface area contributed by atoms with Crippen LogP contribution in [0.25, 0.3) is 0 Å². The monoisotopic (exact) mass is 323 g/mol. The molecule has 0 aliphatic carbocycles. The number of ether oxygens (including phenoxy) is 1. The summed E-state index contributed by atoms with van der Waals surface area (Å²) in [6, 6.07) is 8.88. The molecule has 100 valence electrons. The van der Waals surface area contributed by atoms with Crippen LogP contribution in [0.4, 0.5) is 5.69 Å². The number of carbonyl (C=O) groups excluding carboxylic acids is 1. The van der Waals surface area contributed by atoms with Crippen LogP contribution in [0.15, 0.2) is 41.0 Å². The third kappa shape index (κ3) is 4.03. The van der Waals surface area contributed by atoms with Gasteiger partial charge >= 0.3 is 0 Å². The molecule has 2 rings (SSSR count). The average molecular weight is 324 g/mol. The molecule has 6 heteroatoms. The zero-order valence-corrected chi connectivity index (χ0v) is 11.7. The van der Waals surface area contributed by atoms with Crippen LogP contribution in [-0.2, 0) is 0 Å². The number of rotatable bonds is 5. The van der Waals surface area contributed by atoms with Gasteiger partial charge in [-0.3, -0.25) is 4.79 Å². The topological polar surface area (TPSA) is 80.1 Å². The Kier molecular flexibility index (Phi) is 4.46. The summed E-state index contributed by atoms with van der Waals surface area (Å²) in [5.74, 6) is 0.527. The standard InChI is InChI=1S/C13H14BrN3O2/c14-9-6-12(17-8-9)13(18)16-4-5-19-11-3-1-2-10(15)7-11/h1-3,6-8,17H,4-5,15H2,(H,16,18). The lowest BCUT2D eigenvalue weighted by molar-refractivity contribution is 0.0942. The summed E-state index contributed by atoms with van der Waals surface area (Å²) in [4.78, 5) is 14.5. The number of halogens is 1. The van der Waals surface area contributed by atoms with E-state index >= 15 is 0 Å². The summed E-state index contributed by atoms with van der Waals surface area (Å²) in [6.45, 7) is 0.807. The molecule has 4 N–H and O–H groups in total. The second-order valence-electron chi connectivity index (χ2n) is 3.91. The smallest absolute Gasteiger partial charge is 0.267 e. The van der Waals surface area contributed by atoms with Crippen LogP contribution >= 0.6 is 15.9 Å². The molecule has 1 aromatic carbocycles. The number of benzene rings is 1. The van der Waals surface area contributed by atoms with Gasteiger partial charge < -0.3 is 20.8 Å². The zero-order chi connectivity index (χ0) is 13.7. The number of carbonyl (C=O) groups is 1. The first-order chi connectivity index (χ1) is 9.15. The van der Waals surface area contributed by atoms with E-state index in [9.17, 15) is 4.79 Å². The Labute approximate surface area is 119 Å². The first-order valence-corrected chi connectivity index (χ1v) is 6.55. The summed E-state index contributed by atoms with van der Waals surface area (Å²) < 4.78 is 6.31. The van der Waals surface area contributed by atoms with Gasteiger partial charge in [0.1, 0.15) is 18.1 Å². The molecular weight excluding hydrogens is 310 g/mol.